The summed E-state index contributed by atoms with van der Waals surface area (Å²) in [4.78, 5) is 4.27. The first kappa shape index (κ1) is 15.9. The second-order valence-corrected chi connectivity index (χ2v) is 5.49. The number of nitrogens with zero attached hydrogens (tertiary/aromatic N) is 1. The molecule has 0 amide bonds. The molecule has 1 rings (SSSR count). The van der Waals surface area contributed by atoms with Gasteiger partial charge in [-0.2, -0.15) is 0 Å². The first-order chi connectivity index (χ1) is 9.01. The van der Waals surface area contributed by atoms with E-state index in [1.165, 1.54) is 5.56 Å². The molecule has 0 aromatic carbocycles. The van der Waals surface area contributed by atoms with Crippen LogP contribution in [0.4, 0.5) is 0 Å². The highest BCUT2D eigenvalue weighted by Gasteiger charge is 2.09. The summed E-state index contributed by atoms with van der Waals surface area (Å²) in [5, 5.41) is 3.34. The fourth-order valence-electron chi connectivity index (χ4n) is 1.50. The van der Waals surface area contributed by atoms with Crippen molar-refractivity contribution in [1.82, 2.24) is 10.3 Å². The van der Waals surface area contributed by atoms with Gasteiger partial charge < -0.3 is 14.8 Å². The van der Waals surface area contributed by atoms with Gasteiger partial charge in [-0.3, -0.25) is 0 Å². The molecule has 1 aromatic rings. The highest BCUT2D eigenvalue weighted by Crippen LogP contribution is 2.09. The zero-order valence-corrected chi connectivity index (χ0v) is 12.5. The summed E-state index contributed by atoms with van der Waals surface area (Å²) in [6.45, 7) is 11.2. The third-order valence-corrected chi connectivity index (χ3v) is 2.42. The second kappa shape index (κ2) is 8.12. The predicted molar refractivity (Wildman–Crippen MR) is 77.4 cm³/mol. The largest absolute Gasteiger partial charge is 0.475 e. The molecular formula is C15H26N2O2. The van der Waals surface area contributed by atoms with Crippen LogP contribution >= 0.6 is 0 Å². The monoisotopic (exact) mass is 266 g/mol. The summed E-state index contributed by atoms with van der Waals surface area (Å²) < 4.78 is 11.1. The van der Waals surface area contributed by atoms with Crippen molar-refractivity contribution in [2.24, 2.45) is 0 Å². The van der Waals surface area contributed by atoms with Crippen molar-refractivity contribution in [2.75, 3.05) is 19.8 Å². The van der Waals surface area contributed by atoms with E-state index in [9.17, 15) is 0 Å². The van der Waals surface area contributed by atoms with Gasteiger partial charge in [0.1, 0.15) is 6.61 Å². The summed E-state index contributed by atoms with van der Waals surface area (Å²) in [6.07, 6.45) is 2.99. The van der Waals surface area contributed by atoms with Crippen LogP contribution in [0.1, 0.15) is 39.7 Å². The van der Waals surface area contributed by atoms with Gasteiger partial charge in [0, 0.05) is 18.8 Å². The highest BCUT2D eigenvalue weighted by molar-refractivity contribution is 5.17. The maximum atomic E-state index is 5.58. The van der Waals surface area contributed by atoms with Crippen LogP contribution in [0.25, 0.3) is 0 Å². The van der Waals surface area contributed by atoms with E-state index < -0.39 is 0 Å². The van der Waals surface area contributed by atoms with Crippen LogP contribution in [0.2, 0.25) is 0 Å². The SMILES string of the molecule is CCCNCc1ccc(OCCOC(C)(C)C)nc1. The minimum atomic E-state index is -0.119. The van der Waals surface area contributed by atoms with E-state index in [0.29, 0.717) is 19.1 Å². The van der Waals surface area contributed by atoms with Crippen molar-refractivity contribution >= 4 is 0 Å². The van der Waals surface area contributed by atoms with Gasteiger partial charge in [-0.15, -0.1) is 0 Å². The first-order valence-electron chi connectivity index (χ1n) is 6.93. The van der Waals surface area contributed by atoms with Crippen molar-refractivity contribution in [1.29, 1.82) is 0 Å². The van der Waals surface area contributed by atoms with Gasteiger partial charge in [0.2, 0.25) is 5.88 Å². The van der Waals surface area contributed by atoms with Gasteiger partial charge in [0.15, 0.2) is 0 Å². The maximum Gasteiger partial charge on any atom is 0.213 e. The van der Waals surface area contributed by atoms with Gasteiger partial charge >= 0.3 is 0 Å². The summed E-state index contributed by atoms with van der Waals surface area (Å²) >= 11 is 0. The van der Waals surface area contributed by atoms with Crippen LogP contribution in [0.5, 0.6) is 5.88 Å². The number of hydrogen-bond acceptors (Lipinski definition) is 4. The lowest BCUT2D eigenvalue weighted by Crippen LogP contribution is -2.22. The van der Waals surface area contributed by atoms with Gasteiger partial charge in [-0.1, -0.05) is 13.0 Å². The minimum absolute atomic E-state index is 0.119. The number of ether oxygens (including phenoxy) is 2. The molecule has 0 saturated carbocycles. The Labute approximate surface area is 116 Å². The van der Waals surface area contributed by atoms with Crippen molar-refractivity contribution in [3.8, 4) is 5.88 Å². The number of nitrogens with one attached hydrogen (secondary N) is 1. The lowest BCUT2D eigenvalue weighted by atomic mass is 10.2. The molecule has 4 heteroatoms. The summed E-state index contributed by atoms with van der Waals surface area (Å²) in [7, 11) is 0. The Bertz CT molecular complexity index is 344. The third-order valence-electron chi connectivity index (χ3n) is 2.42. The third kappa shape index (κ3) is 7.80. The van der Waals surface area contributed by atoms with Crippen LogP contribution in [0, 0.1) is 0 Å². The summed E-state index contributed by atoms with van der Waals surface area (Å²) in [6, 6.07) is 3.94. The molecule has 1 N–H and O–H groups in total. The van der Waals surface area contributed by atoms with E-state index in [4.69, 9.17) is 9.47 Å². The van der Waals surface area contributed by atoms with Crippen molar-refractivity contribution < 1.29 is 9.47 Å². The van der Waals surface area contributed by atoms with E-state index in [1.54, 1.807) is 0 Å². The van der Waals surface area contributed by atoms with Crippen LogP contribution in [-0.4, -0.2) is 30.3 Å². The number of aromatic nitrogens is 1. The number of pyridine rings is 1. The molecule has 0 aliphatic rings. The fourth-order valence-corrected chi connectivity index (χ4v) is 1.50. The molecule has 0 saturated heterocycles. The Morgan fingerprint density at radius 1 is 1.21 bits per heavy atom. The molecule has 19 heavy (non-hydrogen) atoms. The Kier molecular flexibility index (Phi) is 6.81. The van der Waals surface area contributed by atoms with Crippen LogP contribution in [0.15, 0.2) is 18.3 Å². The summed E-state index contributed by atoms with van der Waals surface area (Å²) in [5.41, 5.74) is 1.05. The maximum absolute atomic E-state index is 5.58. The second-order valence-electron chi connectivity index (χ2n) is 5.49. The average molecular weight is 266 g/mol. The standard InChI is InChI=1S/C15H26N2O2/c1-5-8-16-11-13-6-7-14(17-12-13)18-9-10-19-15(2,3)4/h6-7,12,16H,5,8-11H2,1-4H3. The molecule has 1 heterocycles. The van der Waals surface area contributed by atoms with Gasteiger partial charge in [0.25, 0.3) is 0 Å². The Morgan fingerprint density at radius 2 is 2.00 bits per heavy atom. The topological polar surface area (TPSA) is 43.4 Å². The lowest BCUT2D eigenvalue weighted by Gasteiger charge is -2.19. The van der Waals surface area contributed by atoms with Gasteiger partial charge in [0.05, 0.1) is 12.2 Å². The molecule has 0 atom stereocenters. The molecule has 0 aliphatic carbocycles. The number of hydrogen-bond donors (Lipinski definition) is 1. The zero-order valence-electron chi connectivity index (χ0n) is 12.5. The first-order valence-corrected chi connectivity index (χ1v) is 6.93. The van der Waals surface area contributed by atoms with E-state index in [0.717, 1.165) is 19.5 Å². The molecule has 0 radical (unpaired) electrons. The van der Waals surface area contributed by atoms with Crippen molar-refractivity contribution in [2.45, 2.75) is 46.3 Å². The smallest absolute Gasteiger partial charge is 0.213 e. The Balaban J connectivity index is 2.24. The van der Waals surface area contributed by atoms with E-state index in [-0.39, 0.29) is 5.60 Å². The summed E-state index contributed by atoms with van der Waals surface area (Å²) in [5.74, 6) is 0.650. The average Bonchev–Trinajstić information content (AvgIpc) is 2.36. The van der Waals surface area contributed by atoms with E-state index in [1.807, 2.05) is 39.1 Å². The van der Waals surface area contributed by atoms with Crippen molar-refractivity contribution in [3.05, 3.63) is 23.9 Å². The van der Waals surface area contributed by atoms with Gasteiger partial charge in [-0.25, -0.2) is 4.98 Å². The van der Waals surface area contributed by atoms with Crippen LogP contribution in [-0.2, 0) is 11.3 Å². The van der Waals surface area contributed by atoms with Gasteiger partial charge in [-0.05, 0) is 39.3 Å². The van der Waals surface area contributed by atoms with Crippen molar-refractivity contribution in [3.63, 3.8) is 0 Å². The Morgan fingerprint density at radius 3 is 2.58 bits per heavy atom. The molecule has 108 valence electrons. The predicted octanol–water partition coefficient (Wildman–Crippen LogP) is 2.78. The molecular weight excluding hydrogens is 240 g/mol. The molecule has 0 unspecified atom stereocenters. The lowest BCUT2D eigenvalue weighted by molar-refractivity contribution is -0.0168. The molecule has 0 bridgehead atoms. The van der Waals surface area contributed by atoms with Crippen LogP contribution in [0.3, 0.4) is 0 Å². The number of rotatable bonds is 8. The van der Waals surface area contributed by atoms with Crippen LogP contribution < -0.4 is 10.1 Å². The van der Waals surface area contributed by atoms with E-state index >= 15 is 0 Å². The minimum Gasteiger partial charge on any atom is -0.475 e. The normalized spacial score (nSPS) is 11.6. The molecule has 0 fully saturated rings. The highest BCUT2D eigenvalue weighted by atomic mass is 16.5. The quantitative estimate of drug-likeness (QED) is 0.735. The molecule has 0 aliphatic heterocycles. The Hall–Kier alpha value is -1.13. The molecule has 1 aromatic heterocycles. The zero-order chi connectivity index (χ0) is 14.1. The molecule has 0 spiro atoms. The molecule has 4 nitrogen and oxygen atoms in total. The van der Waals surface area contributed by atoms with E-state index in [2.05, 4.69) is 17.2 Å². The fraction of sp³-hybridized carbons (Fsp3) is 0.667.